The molecule has 1 N–H and O–H groups in total. The second-order valence-electron chi connectivity index (χ2n) is 4.25. The third-order valence-corrected chi connectivity index (χ3v) is 3.79. The monoisotopic (exact) mass is 302 g/mol. The summed E-state index contributed by atoms with van der Waals surface area (Å²) in [5, 5.41) is 13.5. The average molecular weight is 302 g/mol. The molecular weight excluding hydrogens is 291 g/mol. The minimum Gasteiger partial charge on any atom is -0.507 e. The summed E-state index contributed by atoms with van der Waals surface area (Å²) >= 11 is 1.55. The molecule has 0 unspecified atom stereocenters. The number of thioether (sulfide) groups is 1. The average Bonchev–Trinajstić information content (AvgIpc) is 2.95. The Morgan fingerprint density at radius 2 is 1.90 bits per heavy atom. The molecule has 1 aromatic heterocycles. The number of hydrogen-bond acceptors (Lipinski definition) is 5. The van der Waals surface area contributed by atoms with Gasteiger partial charge in [0.15, 0.2) is 5.82 Å². The Balaban J connectivity index is 1.78. The fraction of sp³-hybridized carbons (Fsp3) is 0.0667. The van der Waals surface area contributed by atoms with Crippen LogP contribution in [0.3, 0.4) is 0 Å². The molecule has 0 aliphatic carbocycles. The molecule has 21 heavy (non-hydrogen) atoms. The smallest absolute Gasteiger partial charge is 0.264 e. The molecule has 0 aliphatic rings. The van der Waals surface area contributed by atoms with E-state index in [1.54, 1.807) is 11.8 Å². The number of phenolic OH excluding ortho intramolecular Hbond substituents is 1. The highest BCUT2D eigenvalue weighted by Crippen LogP contribution is 2.31. The van der Waals surface area contributed by atoms with E-state index in [9.17, 15) is 9.50 Å². The second-order valence-corrected chi connectivity index (χ2v) is 5.30. The largest absolute Gasteiger partial charge is 0.507 e. The van der Waals surface area contributed by atoms with Crippen molar-refractivity contribution in [1.82, 2.24) is 10.1 Å². The summed E-state index contributed by atoms with van der Waals surface area (Å²) < 4.78 is 18.7. The molecule has 3 aromatic rings. The third kappa shape index (κ3) is 3.05. The molecule has 3 rings (SSSR count). The van der Waals surface area contributed by atoms with Crippen LogP contribution in [0.25, 0.3) is 11.5 Å². The predicted octanol–water partition coefficient (Wildman–Crippen LogP) is 3.87. The molecule has 2 aromatic carbocycles. The van der Waals surface area contributed by atoms with Gasteiger partial charge in [-0.25, -0.2) is 4.39 Å². The van der Waals surface area contributed by atoms with Gasteiger partial charge in [-0.3, -0.25) is 0 Å². The standard InChI is InChI=1S/C15H11FN2O2S/c16-11-7-4-8-12(19)14(11)15-17-13(18-20-15)9-21-10-5-2-1-3-6-10/h1-8,19H,9H2. The summed E-state index contributed by atoms with van der Waals surface area (Å²) in [6, 6.07) is 13.8. The van der Waals surface area contributed by atoms with E-state index in [2.05, 4.69) is 10.1 Å². The van der Waals surface area contributed by atoms with Crippen molar-refractivity contribution in [2.75, 3.05) is 0 Å². The first-order chi connectivity index (χ1) is 10.2. The first kappa shape index (κ1) is 13.6. The van der Waals surface area contributed by atoms with Crippen molar-refractivity contribution in [3.8, 4) is 17.2 Å². The van der Waals surface area contributed by atoms with Gasteiger partial charge in [0.2, 0.25) is 0 Å². The first-order valence-corrected chi connectivity index (χ1v) is 7.21. The molecule has 0 atom stereocenters. The Morgan fingerprint density at radius 3 is 2.67 bits per heavy atom. The minimum atomic E-state index is -0.596. The number of nitrogens with zero attached hydrogens (tertiary/aromatic N) is 2. The van der Waals surface area contributed by atoms with E-state index in [-0.39, 0.29) is 17.2 Å². The molecule has 6 heteroatoms. The van der Waals surface area contributed by atoms with Crippen molar-refractivity contribution < 1.29 is 14.0 Å². The molecule has 0 radical (unpaired) electrons. The minimum absolute atomic E-state index is 0.0192. The Labute approximate surface area is 124 Å². The molecule has 0 saturated carbocycles. The maximum absolute atomic E-state index is 13.7. The van der Waals surface area contributed by atoms with Crippen LogP contribution in [-0.2, 0) is 5.75 Å². The van der Waals surface area contributed by atoms with E-state index in [1.807, 2.05) is 30.3 Å². The lowest BCUT2D eigenvalue weighted by Crippen LogP contribution is -1.87. The van der Waals surface area contributed by atoms with Crippen LogP contribution in [0, 0.1) is 5.82 Å². The van der Waals surface area contributed by atoms with Gasteiger partial charge in [0.05, 0.1) is 5.75 Å². The van der Waals surface area contributed by atoms with Gasteiger partial charge in [-0.15, -0.1) is 11.8 Å². The van der Waals surface area contributed by atoms with Crippen molar-refractivity contribution in [2.45, 2.75) is 10.6 Å². The van der Waals surface area contributed by atoms with Gasteiger partial charge in [-0.1, -0.05) is 29.4 Å². The maximum atomic E-state index is 13.7. The number of halogens is 1. The van der Waals surface area contributed by atoms with Crippen LogP contribution in [-0.4, -0.2) is 15.2 Å². The lowest BCUT2D eigenvalue weighted by atomic mass is 10.2. The summed E-state index contributed by atoms with van der Waals surface area (Å²) in [5.74, 6) is 0.112. The quantitative estimate of drug-likeness (QED) is 0.741. The van der Waals surface area contributed by atoms with Gasteiger partial charge in [0, 0.05) is 4.90 Å². The molecule has 1 heterocycles. The van der Waals surface area contributed by atoms with Gasteiger partial charge in [-0.2, -0.15) is 4.98 Å². The lowest BCUT2D eigenvalue weighted by molar-refractivity contribution is 0.415. The topological polar surface area (TPSA) is 59.2 Å². The third-order valence-electron chi connectivity index (χ3n) is 2.78. The molecule has 106 valence electrons. The zero-order chi connectivity index (χ0) is 14.7. The van der Waals surface area contributed by atoms with Gasteiger partial charge in [-0.05, 0) is 24.3 Å². The van der Waals surface area contributed by atoms with E-state index < -0.39 is 5.82 Å². The number of rotatable bonds is 4. The summed E-state index contributed by atoms with van der Waals surface area (Å²) in [5.41, 5.74) is -0.0686. The maximum Gasteiger partial charge on any atom is 0.264 e. The zero-order valence-corrected chi connectivity index (χ0v) is 11.7. The molecule has 0 spiro atoms. The molecule has 0 fully saturated rings. The fourth-order valence-electron chi connectivity index (χ4n) is 1.80. The van der Waals surface area contributed by atoms with Crippen molar-refractivity contribution in [1.29, 1.82) is 0 Å². The van der Waals surface area contributed by atoms with Crippen LogP contribution >= 0.6 is 11.8 Å². The van der Waals surface area contributed by atoms with Crippen molar-refractivity contribution >= 4 is 11.8 Å². The predicted molar refractivity (Wildman–Crippen MR) is 77.4 cm³/mol. The summed E-state index contributed by atoms with van der Waals surface area (Å²) in [6.45, 7) is 0. The zero-order valence-electron chi connectivity index (χ0n) is 10.9. The lowest BCUT2D eigenvalue weighted by Gasteiger charge is -1.99. The highest BCUT2D eigenvalue weighted by molar-refractivity contribution is 7.98. The van der Waals surface area contributed by atoms with Crippen LogP contribution in [0.2, 0.25) is 0 Å². The normalized spacial score (nSPS) is 10.7. The molecule has 0 bridgehead atoms. The van der Waals surface area contributed by atoms with E-state index in [0.717, 1.165) is 4.90 Å². The van der Waals surface area contributed by atoms with E-state index in [1.165, 1.54) is 18.2 Å². The van der Waals surface area contributed by atoms with Crippen molar-refractivity contribution in [3.05, 3.63) is 60.2 Å². The molecule has 0 aliphatic heterocycles. The number of phenols is 1. The van der Waals surface area contributed by atoms with Crippen LogP contribution in [0.15, 0.2) is 57.9 Å². The molecular formula is C15H11FN2O2S. The molecule has 4 nitrogen and oxygen atoms in total. The second kappa shape index (κ2) is 5.97. The summed E-state index contributed by atoms with van der Waals surface area (Å²) in [7, 11) is 0. The van der Waals surface area contributed by atoms with E-state index in [4.69, 9.17) is 4.52 Å². The van der Waals surface area contributed by atoms with Gasteiger partial charge < -0.3 is 9.63 Å². The fourth-order valence-corrected chi connectivity index (χ4v) is 2.57. The number of hydrogen-bond donors (Lipinski definition) is 1. The number of aromatic hydroxyl groups is 1. The number of aromatic nitrogens is 2. The molecule has 0 amide bonds. The van der Waals surface area contributed by atoms with Gasteiger partial charge in [0.25, 0.3) is 5.89 Å². The SMILES string of the molecule is Oc1cccc(F)c1-c1nc(CSc2ccccc2)no1. The van der Waals surface area contributed by atoms with Gasteiger partial charge in [0.1, 0.15) is 17.1 Å². The molecule has 0 saturated heterocycles. The first-order valence-electron chi connectivity index (χ1n) is 6.22. The Bertz CT molecular complexity index is 726. The van der Waals surface area contributed by atoms with Gasteiger partial charge >= 0.3 is 0 Å². The van der Waals surface area contributed by atoms with Crippen LogP contribution in [0.5, 0.6) is 5.75 Å². The van der Waals surface area contributed by atoms with Crippen LogP contribution < -0.4 is 0 Å². The van der Waals surface area contributed by atoms with Crippen LogP contribution in [0.4, 0.5) is 4.39 Å². The summed E-state index contributed by atoms with van der Waals surface area (Å²) in [4.78, 5) is 5.20. The van der Waals surface area contributed by atoms with E-state index in [0.29, 0.717) is 11.6 Å². The number of benzene rings is 2. The van der Waals surface area contributed by atoms with Crippen LogP contribution in [0.1, 0.15) is 5.82 Å². The Kier molecular flexibility index (Phi) is 3.87. The highest BCUT2D eigenvalue weighted by atomic mass is 32.2. The highest BCUT2D eigenvalue weighted by Gasteiger charge is 2.17. The Morgan fingerprint density at radius 1 is 1.10 bits per heavy atom. The van der Waals surface area contributed by atoms with Crippen molar-refractivity contribution in [3.63, 3.8) is 0 Å². The summed E-state index contributed by atoms with van der Waals surface area (Å²) in [6.07, 6.45) is 0. The van der Waals surface area contributed by atoms with E-state index >= 15 is 0 Å². The van der Waals surface area contributed by atoms with Crippen molar-refractivity contribution in [2.24, 2.45) is 0 Å². The Hall–Kier alpha value is -2.34.